The van der Waals surface area contributed by atoms with Crippen molar-refractivity contribution in [3.63, 3.8) is 0 Å². The van der Waals surface area contributed by atoms with Crippen LogP contribution in [0.15, 0.2) is 48.7 Å². The number of carbonyl (C=O) groups is 3. The molecule has 1 N–H and O–H groups in total. The van der Waals surface area contributed by atoms with Gasteiger partial charge in [0.05, 0.1) is 18.2 Å². The van der Waals surface area contributed by atoms with Crippen molar-refractivity contribution in [1.29, 1.82) is 0 Å². The molecule has 1 aliphatic rings. The fourth-order valence-electron chi connectivity index (χ4n) is 3.06. The van der Waals surface area contributed by atoms with E-state index in [9.17, 15) is 23.2 Å². The summed E-state index contributed by atoms with van der Waals surface area (Å²) >= 11 is 0. The number of amides is 2. The Bertz CT molecular complexity index is 990. The Morgan fingerprint density at radius 2 is 1.90 bits per heavy atom. The van der Waals surface area contributed by atoms with Crippen LogP contribution >= 0.6 is 0 Å². The number of anilines is 1. The molecule has 2 aromatic rings. The van der Waals surface area contributed by atoms with Crippen molar-refractivity contribution < 1.29 is 27.9 Å². The summed E-state index contributed by atoms with van der Waals surface area (Å²) in [7, 11) is 0. The van der Waals surface area contributed by atoms with E-state index < -0.39 is 36.2 Å². The number of hydrogen-bond acceptors (Lipinski definition) is 4. The van der Waals surface area contributed by atoms with Crippen LogP contribution < -0.4 is 5.32 Å². The number of benzene rings is 2. The third kappa shape index (κ3) is 4.84. The summed E-state index contributed by atoms with van der Waals surface area (Å²) in [6.45, 7) is 0.719. The first-order valence-corrected chi connectivity index (χ1v) is 8.81. The maximum absolute atomic E-state index is 13.6. The van der Waals surface area contributed by atoms with Gasteiger partial charge in [0.1, 0.15) is 11.6 Å². The molecular formula is C21H18F2N2O4. The van der Waals surface area contributed by atoms with Crippen LogP contribution in [-0.4, -0.2) is 29.3 Å². The van der Waals surface area contributed by atoms with E-state index in [0.717, 1.165) is 29.3 Å². The largest absolute Gasteiger partial charge is 0.455 e. The number of nitrogens with one attached hydrogen (secondary N) is 1. The summed E-state index contributed by atoms with van der Waals surface area (Å²) in [4.78, 5) is 37.5. The number of nitrogens with zero attached hydrogens (tertiary/aromatic N) is 1. The number of rotatable bonds is 5. The van der Waals surface area contributed by atoms with Crippen LogP contribution in [0.1, 0.15) is 30.5 Å². The lowest BCUT2D eigenvalue weighted by Gasteiger charge is -2.32. The van der Waals surface area contributed by atoms with Crippen molar-refractivity contribution >= 4 is 29.5 Å². The zero-order valence-corrected chi connectivity index (χ0v) is 15.5. The summed E-state index contributed by atoms with van der Waals surface area (Å²) in [5.74, 6) is -3.29. The number of carbonyl (C=O) groups excluding carboxylic acids is 3. The SMILES string of the molecule is CC(=O)N1C=Cc2ccccc2[C@H]1CC(=O)OCC(=O)Nc1cc(F)ccc1F. The Labute approximate surface area is 165 Å². The Morgan fingerprint density at radius 3 is 2.66 bits per heavy atom. The summed E-state index contributed by atoms with van der Waals surface area (Å²) in [5.41, 5.74) is 1.32. The lowest BCUT2D eigenvalue weighted by atomic mass is 9.94. The highest BCUT2D eigenvalue weighted by molar-refractivity contribution is 5.93. The molecule has 0 aromatic heterocycles. The van der Waals surface area contributed by atoms with Crippen molar-refractivity contribution in [2.45, 2.75) is 19.4 Å². The van der Waals surface area contributed by atoms with Gasteiger partial charge >= 0.3 is 5.97 Å². The molecular weight excluding hydrogens is 382 g/mol. The Balaban J connectivity index is 1.62. The van der Waals surface area contributed by atoms with E-state index in [1.165, 1.54) is 11.8 Å². The van der Waals surface area contributed by atoms with Crippen molar-refractivity contribution in [3.05, 3.63) is 71.4 Å². The molecule has 0 unspecified atom stereocenters. The van der Waals surface area contributed by atoms with Gasteiger partial charge in [0.15, 0.2) is 6.61 Å². The number of esters is 1. The fraction of sp³-hybridized carbons (Fsp3) is 0.190. The average molecular weight is 400 g/mol. The van der Waals surface area contributed by atoms with Crippen molar-refractivity contribution in [1.82, 2.24) is 4.90 Å². The molecule has 0 saturated carbocycles. The standard InChI is InChI=1S/C21H18F2N2O4/c1-13(26)25-9-8-14-4-2-3-5-16(14)19(25)11-21(28)29-12-20(27)24-18-10-15(22)6-7-17(18)23/h2-10,19H,11-12H2,1H3,(H,24,27)/t19-/m1/s1. The van der Waals surface area contributed by atoms with Crippen LogP contribution in [0, 0.1) is 11.6 Å². The van der Waals surface area contributed by atoms with Gasteiger partial charge in [0.2, 0.25) is 5.91 Å². The third-order valence-corrected chi connectivity index (χ3v) is 4.40. The third-order valence-electron chi connectivity index (χ3n) is 4.40. The van der Waals surface area contributed by atoms with Crippen LogP contribution in [0.3, 0.4) is 0 Å². The van der Waals surface area contributed by atoms with Crippen molar-refractivity contribution in [2.75, 3.05) is 11.9 Å². The molecule has 1 heterocycles. The number of halogens is 2. The highest BCUT2D eigenvalue weighted by Crippen LogP contribution is 2.33. The van der Waals surface area contributed by atoms with E-state index in [1.807, 2.05) is 18.2 Å². The summed E-state index contributed by atoms with van der Waals surface area (Å²) in [5, 5.41) is 2.15. The Kier molecular flexibility index (Phi) is 6.01. The van der Waals surface area contributed by atoms with Crippen LogP contribution in [0.4, 0.5) is 14.5 Å². The molecule has 0 spiro atoms. The molecule has 0 bridgehead atoms. The first-order valence-electron chi connectivity index (χ1n) is 8.81. The van der Waals surface area contributed by atoms with E-state index >= 15 is 0 Å². The second-order valence-electron chi connectivity index (χ2n) is 6.42. The quantitative estimate of drug-likeness (QED) is 0.781. The second-order valence-corrected chi connectivity index (χ2v) is 6.42. The van der Waals surface area contributed by atoms with Gasteiger partial charge in [-0.25, -0.2) is 8.78 Å². The predicted octanol–water partition coefficient (Wildman–Crippen LogP) is 3.41. The van der Waals surface area contributed by atoms with Gasteiger partial charge in [-0.05, 0) is 29.3 Å². The molecule has 6 nitrogen and oxygen atoms in total. The Morgan fingerprint density at radius 1 is 1.14 bits per heavy atom. The first kappa shape index (κ1) is 20.2. The van der Waals surface area contributed by atoms with Crippen molar-refractivity contribution in [3.8, 4) is 0 Å². The van der Waals surface area contributed by atoms with Gasteiger partial charge in [-0.2, -0.15) is 0 Å². The highest BCUT2D eigenvalue weighted by Gasteiger charge is 2.29. The number of ether oxygens (including phenoxy) is 1. The van der Waals surface area contributed by atoms with Gasteiger partial charge in [-0.1, -0.05) is 24.3 Å². The van der Waals surface area contributed by atoms with Crippen LogP contribution in [0.2, 0.25) is 0 Å². The predicted molar refractivity (Wildman–Crippen MR) is 101 cm³/mol. The summed E-state index contributed by atoms with van der Waals surface area (Å²) in [6.07, 6.45) is 3.21. The van der Waals surface area contributed by atoms with Crippen molar-refractivity contribution in [2.24, 2.45) is 0 Å². The maximum atomic E-state index is 13.6. The fourth-order valence-corrected chi connectivity index (χ4v) is 3.06. The van der Waals surface area contributed by atoms with Crippen LogP contribution in [0.25, 0.3) is 6.08 Å². The molecule has 2 aromatic carbocycles. The normalized spacial score (nSPS) is 14.9. The molecule has 0 radical (unpaired) electrons. The maximum Gasteiger partial charge on any atom is 0.308 e. The van der Waals surface area contributed by atoms with Crippen LogP contribution in [-0.2, 0) is 19.1 Å². The molecule has 150 valence electrons. The summed E-state index contributed by atoms with van der Waals surface area (Å²) in [6, 6.07) is 9.38. The molecule has 0 fully saturated rings. The van der Waals surface area contributed by atoms with E-state index in [-0.39, 0.29) is 18.0 Å². The molecule has 0 aliphatic carbocycles. The molecule has 0 saturated heterocycles. The van der Waals surface area contributed by atoms with Crippen LogP contribution in [0.5, 0.6) is 0 Å². The van der Waals surface area contributed by atoms with E-state index in [4.69, 9.17) is 4.74 Å². The van der Waals surface area contributed by atoms with E-state index in [1.54, 1.807) is 18.3 Å². The molecule has 1 aliphatic heterocycles. The van der Waals surface area contributed by atoms with Gasteiger partial charge in [-0.3, -0.25) is 14.4 Å². The summed E-state index contributed by atoms with van der Waals surface area (Å²) < 4.78 is 31.7. The van der Waals surface area contributed by atoms with Gasteiger partial charge in [0, 0.05) is 19.2 Å². The topological polar surface area (TPSA) is 75.7 Å². The average Bonchev–Trinajstić information content (AvgIpc) is 2.69. The number of hydrogen-bond donors (Lipinski definition) is 1. The molecule has 3 rings (SSSR count). The molecule has 1 atom stereocenters. The van der Waals surface area contributed by atoms with E-state index in [2.05, 4.69) is 5.32 Å². The van der Waals surface area contributed by atoms with Gasteiger partial charge < -0.3 is 15.0 Å². The zero-order chi connectivity index (χ0) is 21.0. The Hall–Kier alpha value is -3.55. The van der Waals surface area contributed by atoms with E-state index in [0.29, 0.717) is 0 Å². The molecule has 2 amide bonds. The number of fused-ring (bicyclic) bond motifs is 1. The highest BCUT2D eigenvalue weighted by atomic mass is 19.1. The minimum Gasteiger partial charge on any atom is -0.455 e. The minimum absolute atomic E-state index is 0.164. The van der Waals surface area contributed by atoms with Gasteiger partial charge in [-0.15, -0.1) is 0 Å². The van der Waals surface area contributed by atoms with Gasteiger partial charge in [0.25, 0.3) is 5.91 Å². The zero-order valence-electron chi connectivity index (χ0n) is 15.5. The smallest absolute Gasteiger partial charge is 0.308 e. The minimum atomic E-state index is -0.811. The molecule has 8 heteroatoms. The lowest BCUT2D eigenvalue weighted by Crippen LogP contribution is -2.33. The second kappa shape index (κ2) is 8.64. The molecule has 29 heavy (non-hydrogen) atoms. The first-order chi connectivity index (χ1) is 13.8. The monoisotopic (exact) mass is 400 g/mol. The lowest BCUT2D eigenvalue weighted by molar-refractivity contribution is -0.149.